The lowest BCUT2D eigenvalue weighted by Crippen LogP contribution is -2.38. The van der Waals surface area contributed by atoms with Gasteiger partial charge in [0, 0.05) is 5.92 Å². The number of nitrogens with zero attached hydrogens (tertiary/aromatic N) is 1. The van der Waals surface area contributed by atoms with Crippen LogP contribution in [-0.4, -0.2) is 29.2 Å². The van der Waals surface area contributed by atoms with E-state index in [-0.39, 0.29) is 0 Å². The lowest BCUT2D eigenvalue weighted by molar-refractivity contribution is -0.594. The van der Waals surface area contributed by atoms with Crippen molar-refractivity contribution >= 4 is 5.90 Å². The van der Waals surface area contributed by atoms with Gasteiger partial charge in [0.05, 0.1) is 5.92 Å². The SMILES string of the molecule is CCCC(CCC)[C@@H]1COC(C(C)C)=[N+]1C(C)C. The van der Waals surface area contributed by atoms with Gasteiger partial charge in [-0.2, -0.15) is 4.58 Å². The van der Waals surface area contributed by atoms with Gasteiger partial charge >= 0.3 is 5.90 Å². The van der Waals surface area contributed by atoms with Crippen LogP contribution in [0.1, 0.15) is 67.2 Å². The fourth-order valence-electron chi connectivity index (χ4n) is 3.23. The molecule has 18 heavy (non-hydrogen) atoms. The molecule has 0 spiro atoms. The van der Waals surface area contributed by atoms with E-state index in [0.29, 0.717) is 18.0 Å². The summed E-state index contributed by atoms with van der Waals surface area (Å²) in [5.41, 5.74) is 0. The van der Waals surface area contributed by atoms with Gasteiger partial charge in [0.1, 0.15) is 0 Å². The molecule has 1 rings (SSSR count). The quantitative estimate of drug-likeness (QED) is 0.624. The van der Waals surface area contributed by atoms with E-state index in [1.165, 1.54) is 31.6 Å². The highest BCUT2D eigenvalue weighted by Crippen LogP contribution is 2.26. The fraction of sp³-hybridized carbons (Fsp3) is 0.938. The highest BCUT2D eigenvalue weighted by Gasteiger charge is 2.42. The summed E-state index contributed by atoms with van der Waals surface area (Å²) in [5.74, 6) is 2.51. The second kappa shape index (κ2) is 7.16. The van der Waals surface area contributed by atoms with Crippen molar-refractivity contribution in [3.8, 4) is 0 Å². The van der Waals surface area contributed by atoms with E-state index in [0.717, 1.165) is 12.5 Å². The van der Waals surface area contributed by atoms with Gasteiger partial charge in [0.2, 0.25) is 0 Å². The number of ether oxygens (including phenoxy) is 1. The van der Waals surface area contributed by atoms with Crippen molar-refractivity contribution in [3.05, 3.63) is 0 Å². The van der Waals surface area contributed by atoms with Crippen LogP contribution in [0.3, 0.4) is 0 Å². The zero-order chi connectivity index (χ0) is 13.7. The molecule has 0 aromatic heterocycles. The third-order valence-corrected chi connectivity index (χ3v) is 3.93. The molecule has 1 heterocycles. The molecule has 0 radical (unpaired) electrons. The molecule has 0 saturated heterocycles. The summed E-state index contributed by atoms with van der Waals surface area (Å²) in [6, 6.07) is 1.15. The highest BCUT2D eigenvalue weighted by molar-refractivity contribution is 5.74. The molecule has 1 aliphatic heterocycles. The minimum atomic E-state index is 0.501. The summed E-state index contributed by atoms with van der Waals surface area (Å²) in [6.07, 6.45) is 5.22. The van der Waals surface area contributed by atoms with Gasteiger partial charge in [-0.15, -0.1) is 0 Å². The van der Waals surface area contributed by atoms with E-state index in [9.17, 15) is 0 Å². The molecule has 0 amide bonds. The molecule has 2 nitrogen and oxygen atoms in total. The molecule has 0 saturated carbocycles. The van der Waals surface area contributed by atoms with Crippen LogP contribution in [-0.2, 0) is 4.74 Å². The zero-order valence-electron chi connectivity index (χ0n) is 13.2. The van der Waals surface area contributed by atoms with Crippen LogP contribution < -0.4 is 0 Å². The first-order chi connectivity index (χ1) is 8.52. The van der Waals surface area contributed by atoms with Crippen LogP contribution in [0.15, 0.2) is 0 Å². The van der Waals surface area contributed by atoms with Crippen LogP contribution in [0.5, 0.6) is 0 Å². The Kier molecular flexibility index (Phi) is 6.17. The van der Waals surface area contributed by atoms with E-state index in [2.05, 4.69) is 46.1 Å². The Morgan fingerprint density at radius 2 is 1.67 bits per heavy atom. The normalized spacial score (nSPS) is 20.4. The minimum Gasteiger partial charge on any atom is -0.441 e. The van der Waals surface area contributed by atoms with Crippen molar-refractivity contribution in [3.63, 3.8) is 0 Å². The Hall–Kier alpha value is -0.530. The van der Waals surface area contributed by atoms with Gasteiger partial charge in [-0.3, -0.25) is 0 Å². The van der Waals surface area contributed by atoms with E-state index < -0.39 is 0 Å². The van der Waals surface area contributed by atoms with Gasteiger partial charge in [0.25, 0.3) is 0 Å². The van der Waals surface area contributed by atoms with Crippen molar-refractivity contribution in [2.45, 2.75) is 79.3 Å². The molecule has 0 bridgehead atoms. The third kappa shape index (κ3) is 3.49. The first-order valence-electron chi connectivity index (χ1n) is 7.80. The lowest BCUT2D eigenvalue weighted by Gasteiger charge is -2.21. The van der Waals surface area contributed by atoms with Crippen LogP contribution in [0.2, 0.25) is 0 Å². The van der Waals surface area contributed by atoms with Crippen LogP contribution >= 0.6 is 0 Å². The van der Waals surface area contributed by atoms with Crippen molar-refractivity contribution < 1.29 is 9.31 Å². The molecular formula is C16H32NO+. The van der Waals surface area contributed by atoms with Crippen LogP contribution in [0.25, 0.3) is 0 Å². The molecular weight excluding hydrogens is 222 g/mol. The van der Waals surface area contributed by atoms with Crippen molar-refractivity contribution in [2.75, 3.05) is 6.61 Å². The summed E-state index contributed by atoms with van der Waals surface area (Å²) in [7, 11) is 0. The van der Waals surface area contributed by atoms with Gasteiger partial charge in [0.15, 0.2) is 18.7 Å². The maximum Gasteiger partial charge on any atom is 0.339 e. The molecule has 2 heteroatoms. The van der Waals surface area contributed by atoms with E-state index >= 15 is 0 Å². The summed E-state index contributed by atoms with van der Waals surface area (Å²) < 4.78 is 8.57. The lowest BCUT2D eigenvalue weighted by atomic mass is 9.90. The molecule has 0 N–H and O–H groups in total. The average molecular weight is 254 g/mol. The molecule has 0 aliphatic carbocycles. The van der Waals surface area contributed by atoms with E-state index in [4.69, 9.17) is 4.74 Å². The van der Waals surface area contributed by atoms with Crippen LogP contribution in [0, 0.1) is 11.8 Å². The number of hydrogen-bond acceptors (Lipinski definition) is 1. The first-order valence-corrected chi connectivity index (χ1v) is 7.80. The number of hydrogen-bond donors (Lipinski definition) is 0. The van der Waals surface area contributed by atoms with Crippen molar-refractivity contribution in [2.24, 2.45) is 11.8 Å². The molecule has 106 valence electrons. The molecule has 1 aliphatic rings. The molecule has 0 aromatic rings. The monoisotopic (exact) mass is 254 g/mol. The Morgan fingerprint density at radius 1 is 1.11 bits per heavy atom. The zero-order valence-corrected chi connectivity index (χ0v) is 13.2. The van der Waals surface area contributed by atoms with Gasteiger partial charge in [-0.25, -0.2) is 0 Å². The molecule has 0 fully saturated rings. The predicted molar refractivity (Wildman–Crippen MR) is 78.3 cm³/mol. The smallest absolute Gasteiger partial charge is 0.339 e. The Bertz CT molecular complexity index is 275. The Labute approximate surface area is 113 Å². The topological polar surface area (TPSA) is 12.2 Å². The van der Waals surface area contributed by atoms with Gasteiger partial charge < -0.3 is 4.74 Å². The van der Waals surface area contributed by atoms with Crippen molar-refractivity contribution in [1.29, 1.82) is 0 Å². The van der Waals surface area contributed by atoms with Crippen LogP contribution in [0.4, 0.5) is 0 Å². The first kappa shape index (κ1) is 15.5. The van der Waals surface area contributed by atoms with Crippen molar-refractivity contribution in [1.82, 2.24) is 0 Å². The standard InChI is InChI=1S/C16H32NO/c1-7-9-14(10-8-2)15-11-18-16(12(3)4)17(15)13(5)6/h12-15H,7-11H2,1-6H3/q+1/t15-/m0/s1. The average Bonchev–Trinajstić information content (AvgIpc) is 2.73. The minimum absolute atomic E-state index is 0.501. The second-order valence-corrected chi connectivity index (χ2v) is 6.21. The Morgan fingerprint density at radius 3 is 2.06 bits per heavy atom. The predicted octanol–water partition coefficient (Wildman–Crippen LogP) is 4.08. The summed E-state index contributed by atoms with van der Waals surface area (Å²) in [6.45, 7) is 14.5. The molecule has 1 atom stereocenters. The van der Waals surface area contributed by atoms with Gasteiger partial charge in [-0.05, 0) is 40.5 Å². The summed E-state index contributed by atoms with van der Waals surface area (Å²) in [4.78, 5) is 0. The van der Waals surface area contributed by atoms with E-state index in [1.54, 1.807) is 0 Å². The van der Waals surface area contributed by atoms with Gasteiger partial charge in [-0.1, -0.05) is 26.7 Å². The fourth-order valence-corrected chi connectivity index (χ4v) is 3.23. The van der Waals surface area contributed by atoms with E-state index in [1.807, 2.05) is 0 Å². The molecule has 0 aromatic carbocycles. The maximum atomic E-state index is 6.02. The second-order valence-electron chi connectivity index (χ2n) is 6.21. The highest BCUT2D eigenvalue weighted by atomic mass is 16.5. The third-order valence-electron chi connectivity index (χ3n) is 3.93. The number of rotatable bonds is 7. The summed E-state index contributed by atoms with van der Waals surface area (Å²) >= 11 is 0. The Balaban J connectivity index is 2.93. The maximum absolute atomic E-state index is 6.02. The summed E-state index contributed by atoms with van der Waals surface area (Å²) in [5, 5.41) is 0. The largest absolute Gasteiger partial charge is 0.441 e. The molecule has 0 unspecified atom stereocenters.